The van der Waals surface area contributed by atoms with Crippen molar-refractivity contribution < 1.29 is 19.3 Å². The topological polar surface area (TPSA) is 156 Å². The number of nitrogens with zero attached hydrogens (tertiary/aromatic N) is 4. The first-order chi connectivity index (χ1) is 15.0. The number of nitrogen functional groups attached to an aromatic ring is 1. The third kappa shape index (κ3) is 5.39. The summed E-state index contributed by atoms with van der Waals surface area (Å²) in [6.07, 6.45) is 2.29. The summed E-state index contributed by atoms with van der Waals surface area (Å²) in [7, 11) is 0. The number of nitrogens with two attached hydrogens (primary N) is 1. The standard InChI is InChI=1S/C17H22N6O6S2/c18-10-1-3-22(16(25)20-10)13-8-31-15(29-13)6-27-9-19-11-2-4-23(17(26)21-11)12-7-30-14(5-24)28-12/h1-4,12-15,24H,5-9H2,(H2,18,20,25)(H,19,21,26). The highest BCUT2D eigenvalue weighted by Crippen LogP contribution is 2.31. The van der Waals surface area contributed by atoms with Crippen molar-refractivity contribution in [3.05, 3.63) is 45.5 Å². The van der Waals surface area contributed by atoms with Crippen LogP contribution in [0.2, 0.25) is 0 Å². The molecule has 2 aromatic heterocycles. The minimum Gasteiger partial charge on any atom is -0.393 e. The Morgan fingerprint density at radius 1 is 1.10 bits per heavy atom. The van der Waals surface area contributed by atoms with Gasteiger partial charge in [-0.1, -0.05) is 0 Å². The van der Waals surface area contributed by atoms with Crippen LogP contribution in [0.15, 0.2) is 34.1 Å². The number of rotatable bonds is 8. The number of aromatic nitrogens is 4. The SMILES string of the molecule is Nc1ccn(C2CSC(COCNc3ccn(C4CSC(CO)O4)c(=O)n3)O2)c(=O)n1. The molecule has 168 valence electrons. The molecule has 31 heavy (non-hydrogen) atoms. The second kappa shape index (κ2) is 10.0. The average molecular weight is 471 g/mol. The molecule has 0 spiro atoms. The molecular formula is C17H22N6O6S2. The number of hydrogen-bond donors (Lipinski definition) is 3. The summed E-state index contributed by atoms with van der Waals surface area (Å²) in [4.78, 5) is 31.8. The van der Waals surface area contributed by atoms with Gasteiger partial charge >= 0.3 is 11.4 Å². The van der Waals surface area contributed by atoms with Gasteiger partial charge in [0, 0.05) is 23.9 Å². The van der Waals surface area contributed by atoms with Gasteiger partial charge in [0.2, 0.25) is 0 Å². The molecule has 14 heteroatoms. The fourth-order valence-corrected chi connectivity index (χ4v) is 4.97. The zero-order valence-electron chi connectivity index (χ0n) is 16.3. The van der Waals surface area contributed by atoms with Crippen LogP contribution in [0.5, 0.6) is 0 Å². The Kier molecular flexibility index (Phi) is 7.14. The van der Waals surface area contributed by atoms with Crippen LogP contribution in [-0.2, 0) is 14.2 Å². The van der Waals surface area contributed by atoms with E-state index in [0.717, 1.165) is 0 Å². The normalized spacial score (nSPS) is 25.7. The summed E-state index contributed by atoms with van der Waals surface area (Å²) in [6, 6.07) is 3.20. The van der Waals surface area contributed by atoms with Crippen LogP contribution >= 0.6 is 23.5 Å². The lowest BCUT2D eigenvalue weighted by Crippen LogP contribution is -2.29. The minimum absolute atomic E-state index is 0.0995. The highest BCUT2D eigenvalue weighted by atomic mass is 32.2. The van der Waals surface area contributed by atoms with E-state index in [0.29, 0.717) is 17.3 Å². The molecule has 0 bridgehead atoms. The smallest absolute Gasteiger partial charge is 0.351 e. The first-order valence-electron chi connectivity index (χ1n) is 9.44. The van der Waals surface area contributed by atoms with Crippen molar-refractivity contribution >= 4 is 35.2 Å². The molecule has 2 saturated heterocycles. The second-order valence-electron chi connectivity index (χ2n) is 6.63. The molecule has 2 aromatic rings. The quantitative estimate of drug-likeness (QED) is 0.340. The van der Waals surface area contributed by atoms with Gasteiger partial charge in [0.25, 0.3) is 0 Å². The Morgan fingerprint density at radius 2 is 1.74 bits per heavy atom. The number of aliphatic hydroxyl groups is 1. The Bertz CT molecular complexity index is 1020. The number of thioether (sulfide) groups is 2. The lowest BCUT2D eigenvalue weighted by atomic mass is 10.5. The second-order valence-corrected chi connectivity index (χ2v) is 9.01. The van der Waals surface area contributed by atoms with E-state index in [9.17, 15) is 9.59 Å². The number of anilines is 2. The monoisotopic (exact) mass is 470 g/mol. The van der Waals surface area contributed by atoms with Gasteiger partial charge in [0.15, 0.2) is 0 Å². The van der Waals surface area contributed by atoms with Crippen LogP contribution in [0.1, 0.15) is 12.5 Å². The van der Waals surface area contributed by atoms with Gasteiger partial charge in [0.05, 0.1) is 13.2 Å². The van der Waals surface area contributed by atoms with Crippen LogP contribution in [0, 0.1) is 0 Å². The molecule has 0 aromatic carbocycles. The molecule has 12 nitrogen and oxygen atoms in total. The van der Waals surface area contributed by atoms with Gasteiger partial charge in [-0.15, -0.1) is 23.5 Å². The number of ether oxygens (including phenoxy) is 3. The fraction of sp³-hybridized carbons (Fsp3) is 0.529. The van der Waals surface area contributed by atoms with Gasteiger partial charge in [-0.25, -0.2) is 9.59 Å². The minimum atomic E-state index is -0.455. The lowest BCUT2D eigenvalue weighted by molar-refractivity contribution is -0.0219. The molecule has 0 aliphatic carbocycles. The maximum Gasteiger partial charge on any atom is 0.351 e. The summed E-state index contributed by atoms with van der Waals surface area (Å²) in [5.41, 5.74) is 4.03. The number of aliphatic hydroxyl groups excluding tert-OH is 1. The zero-order chi connectivity index (χ0) is 21.8. The molecule has 2 aliphatic heterocycles. The molecule has 2 aliphatic rings. The van der Waals surface area contributed by atoms with Crippen LogP contribution in [-0.4, -0.2) is 66.5 Å². The summed E-state index contributed by atoms with van der Waals surface area (Å²) in [5, 5.41) is 12.1. The molecule has 2 fully saturated rings. The Balaban J connectivity index is 1.22. The Morgan fingerprint density at radius 3 is 2.39 bits per heavy atom. The largest absolute Gasteiger partial charge is 0.393 e. The van der Waals surface area contributed by atoms with Crippen molar-refractivity contribution in [2.24, 2.45) is 0 Å². The maximum atomic E-state index is 12.2. The molecule has 4 rings (SSSR count). The zero-order valence-corrected chi connectivity index (χ0v) is 18.0. The number of hydrogen-bond acceptors (Lipinski definition) is 12. The van der Waals surface area contributed by atoms with Crippen LogP contribution in [0.4, 0.5) is 11.6 Å². The van der Waals surface area contributed by atoms with E-state index in [1.807, 2.05) is 0 Å². The molecular weight excluding hydrogens is 448 g/mol. The van der Waals surface area contributed by atoms with E-state index in [-0.39, 0.29) is 36.6 Å². The first kappa shape index (κ1) is 22.1. The summed E-state index contributed by atoms with van der Waals surface area (Å²) >= 11 is 2.98. The van der Waals surface area contributed by atoms with Crippen molar-refractivity contribution in [2.45, 2.75) is 23.3 Å². The van der Waals surface area contributed by atoms with Gasteiger partial charge in [0.1, 0.15) is 41.7 Å². The molecule has 4 N–H and O–H groups in total. The fourth-order valence-electron chi connectivity index (χ4n) is 3.02. The Labute approximate surface area is 185 Å². The summed E-state index contributed by atoms with van der Waals surface area (Å²) in [5.74, 6) is 1.71. The van der Waals surface area contributed by atoms with E-state index in [2.05, 4.69) is 15.3 Å². The molecule has 0 saturated carbocycles. The van der Waals surface area contributed by atoms with E-state index in [1.165, 1.54) is 32.7 Å². The molecule has 4 unspecified atom stereocenters. The van der Waals surface area contributed by atoms with Gasteiger partial charge in [-0.2, -0.15) is 9.97 Å². The van der Waals surface area contributed by atoms with E-state index in [1.54, 1.807) is 24.5 Å². The average Bonchev–Trinajstić information content (AvgIpc) is 3.41. The first-order valence-corrected chi connectivity index (χ1v) is 11.5. The van der Waals surface area contributed by atoms with Gasteiger partial charge < -0.3 is 30.4 Å². The lowest BCUT2D eigenvalue weighted by Gasteiger charge is -2.15. The van der Waals surface area contributed by atoms with Crippen LogP contribution < -0.4 is 22.4 Å². The highest BCUT2D eigenvalue weighted by molar-refractivity contribution is 8.00. The van der Waals surface area contributed by atoms with Gasteiger partial charge in [-0.05, 0) is 12.1 Å². The van der Waals surface area contributed by atoms with Crippen molar-refractivity contribution in [1.29, 1.82) is 0 Å². The van der Waals surface area contributed by atoms with Crippen LogP contribution in [0.25, 0.3) is 0 Å². The predicted octanol–water partition coefficient (Wildman–Crippen LogP) is -0.363. The van der Waals surface area contributed by atoms with Crippen molar-refractivity contribution in [3.8, 4) is 0 Å². The third-order valence-corrected chi connectivity index (χ3v) is 6.73. The Hall–Kier alpha value is -2.10. The third-order valence-electron chi connectivity index (χ3n) is 4.53. The van der Waals surface area contributed by atoms with Crippen molar-refractivity contribution in [1.82, 2.24) is 19.1 Å². The van der Waals surface area contributed by atoms with E-state index < -0.39 is 23.8 Å². The summed E-state index contributed by atoms with van der Waals surface area (Å²) in [6.45, 7) is 0.322. The molecule has 0 amide bonds. The van der Waals surface area contributed by atoms with E-state index >= 15 is 0 Å². The van der Waals surface area contributed by atoms with Crippen molar-refractivity contribution in [3.63, 3.8) is 0 Å². The summed E-state index contributed by atoms with van der Waals surface area (Å²) < 4.78 is 19.8. The predicted molar refractivity (Wildman–Crippen MR) is 116 cm³/mol. The van der Waals surface area contributed by atoms with Crippen molar-refractivity contribution in [2.75, 3.05) is 42.5 Å². The molecule has 4 heterocycles. The molecule has 0 radical (unpaired) electrons. The number of nitrogens with one attached hydrogen (secondary N) is 1. The van der Waals surface area contributed by atoms with Gasteiger partial charge in [-0.3, -0.25) is 9.13 Å². The van der Waals surface area contributed by atoms with Crippen LogP contribution in [0.3, 0.4) is 0 Å². The maximum absolute atomic E-state index is 12.2. The molecule has 4 atom stereocenters. The van der Waals surface area contributed by atoms with E-state index in [4.69, 9.17) is 25.1 Å². The highest BCUT2D eigenvalue weighted by Gasteiger charge is 2.29.